The molecule has 0 bridgehead atoms. The lowest BCUT2D eigenvalue weighted by molar-refractivity contribution is 0.0653. The molecule has 0 spiro atoms. The first-order valence-corrected chi connectivity index (χ1v) is 6.77. The zero-order valence-corrected chi connectivity index (χ0v) is 11.3. The van der Waals surface area contributed by atoms with E-state index in [0.717, 1.165) is 4.70 Å². The predicted molar refractivity (Wildman–Crippen MR) is 79.5 cm³/mol. The maximum absolute atomic E-state index is 12.5. The van der Waals surface area contributed by atoms with Gasteiger partial charge in [0, 0.05) is 14.8 Å². The second-order valence-electron chi connectivity index (χ2n) is 4.40. The predicted octanol–water partition coefficient (Wildman–Crippen LogP) is 2.81. The first kappa shape index (κ1) is 13.3. The van der Waals surface area contributed by atoms with Crippen molar-refractivity contribution in [2.45, 2.75) is 0 Å². The molecule has 0 aliphatic carbocycles. The molecule has 6 heteroatoms. The molecule has 3 rings (SSSR count). The molecular formula is C15H8O5S. The van der Waals surface area contributed by atoms with Crippen molar-refractivity contribution in [2.75, 3.05) is 0 Å². The van der Waals surface area contributed by atoms with Gasteiger partial charge >= 0.3 is 11.9 Å². The van der Waals surface area contributed by atoms with Crippen molar-refractivity contribution < 1.29 is 19.8 Å². The highest BCUT2D eigenvalue weighted by molar-refractivity contribution is 7.24. The summed E-state index contributed by atoms with van der Waals surface area (Å²) in [7, 11) is 0. The third-order valence-corrected chi connectivity index (χ3v) is 4.33. The van der Waals surface area contributed by atoms with Gasteiger partial charge in [0.1, 0.15) is 0 Å². The van der Waals surface area contributed by atoms with E-state index in [0.29, 0.717) is 10.1 Å². The Bertz CT molecular complexity index is 971. The maximum atomic E-state index is 12.5. The summed E-state index contributed by atoms with van der Waals surface area (Å²) in [5.41, 5.74) is -1.29. The van der Waals surface area contributed by atoms with Gasteiger partial charge in [0.05, 0.1) is 16.5 Å². The minimum atomic E-state index is -1.42. The van der Waals surface area contributed by atoms with Gasteiger partial charge in [0.25, 0.3) is 0 Å². The Morgan fingerprint density at radius 1 is 0.905 bits per heavy atom. The smallest absolute Gasteiger partial charge is 0.337 e. The molecule has 104 valence electrons. The topological polar surface area (TPSA) is 91.7 Å². The molecule has 1 aromatic heterocycles. The van der Waals surface area contributed by atoms with E-state index >= 15 is 0 Å². The van der Waals surface area contributed by atoms with Crippen molar-refractivity contribution in [3.05, 3.63) is 57.7 Å². The Morgan fingerprint density at radius 3 is 2.29 bits per heavy atom. The number of carboxylic acid groups (broad SMARTS) is 2. The summed E-state index contributed by atoms with van der Waals surface area (Å²) in [4.78, 5) is 35.2. The maximum Gasteiger partial charge on any atom is 0.337 e. The van der Waals surface area contributed by atoms with Crippen LogP contribution in [0.4, 0.5) is 0 Å². The normalized spacial score (nSPS) is 10.9. The number of hydrogen-bond acceptors (Lipinski definition) is 4. The van der Waals surface area contributed by atoms with Crippen molar-refractivity contribution >= 4 is 43.4 Å². The molecule has 5 nitrogen and oxygen atoms in total. The van der Waals surface area contributed by atoms with Gasteiger partial charge in [-0.25, -0.2) is 9.59 Å². The third kappa shape index (κ3) is 1.96. The molecule has 0 saturated heterocycles. The first-order valence-electron chi connectivity index (χ1n) is 5.96. The number of benzene rings is 2. The summed E-state index contributed by atoms with van der Waals surface area (Å²) in [5, 5.41) is 18.8. The molecule has 0 unspecified atom stereocenters. The van der Waals surface area contributed by atoms with Crippen LogP contribution in [-0.4, -0.2) is 22.2 Å². The fourth-order valence-corrected chi connectivity index (χ4v) is 3.38. The van der Waals surface area contributed by atoms with Gasteiger partial charge in [-0.2, -0.15) is 0 Å². The van der Waals surface area contributed by atoms with Gasteiger partial charge in [-0.15, -0.1) is 11.3 Å². The van der Waals surface area contributed by atoms with Gasteiger partial charge in [-0.05, 0) is 24.3 Å². The minimum Gasteiger partial charge on any atom is -0.478 e. The molecule has 0 saturated carbocycles. The fraction of sp³-hybridized carbons (Fsp3) is 0. The van der Waals surface area contributed by atoms with E-state index in [-0.39, 0.29) is 10.9 Å². The average Bonchev–Trinajstić information content (AvgIpc) is 2.46. The molecular weight excluding hydrogens is 292 g/mol. The largest absolute Gasteiger partial charge is 0.478 e. The summed E-state index contributed by atoms with van der Waals surface area (Å²) in [6.07, 6.45) is 0. The molecule has 2 aromatic carbocycles. The van der Waals surface area contributed by atoms with Gasteiger partial charge < -0.3 is 10.2 Å². The number of aromatic carboxylic acids is 2. The summed E-state index contributed by atoms with van der Waals surface area (Å²) >= 11 is 1.26. The van der Waals surface area contributed by atoms with E-state index in [2.05, 4.69) is 0 Å². The van der Waals surface area contributed by atoms with Crippen LogP contribution >= 0.6 is 11.3 Å². The third-order valence-electron chi connectivity index (χ3n) is 3.19. The molecule has 1 heterocycles. The summed E-state index contributed by atoms with van der Waals surface area (Å²) < 4.78 is 1.19. The highest BCUT2D eigenvalue weighted by atomic mass is 32.1. The molecule has 3 aromatic rings. The summed E-state index contributed by atoms with van der Waals surface area (Å²) in [5.74, 6) is -2.79. The molecule has 21 heavy (non-hydrogen) atoms. The Morgan fingerprint density at radius 2 is 1.62 bits per heavy atom. The molecule has 0 fully saturated rings. The van der Waals surface area contributed by atoms with E-state index in [1.807, 2.05) is 0 Å². The standard InChI is InChI=1S/C15H8O5S/c16-13-7-3-1-2-4-9(7)21-10-6-5-8(14(17)18)11(12(10)13)15(19)20/h1-6H,(H,17,18)(H,19,20). The second kappa shape index (κ2) is 4.68. The van der Waals surface area contributed by atoms with Crippen molar-refractivity contribution in [1.82, 2.24) is 0 Å². The summed E-state index contributed by atoms with van der Waals surface area (Å²) in [6.45, 7) is 0. The van der Waals surface area contributed by atoms with Crippen LogP contribution in [0.25, 0.3) is 20.2 Å². The van der Waals surface area contributed by atoms with Gasteiger partial charge in [0.15, 0.2) is 5.43 Å². The van der Waals surface area contributed by atoms with E-state index in [9.17, 15) is 19.5 Å². The Balaban J connectivity index is 2.61. The Kier molecular flexibility index (Phi) is 2.95. The molecule has 0 atom stereocenters. The lowest BCUT2D eigenvalue weighted by Gasteiger charge is -2.07. The number of carbonyl (C=O) groups is 2. The van der Waals surface area contributed by atoms with Crippen LogP contribution in [0.3, 0.4) is 0 Å². The van der Waals surface area contributed by atoms with Crippen molar-refractivity contribution in [3.63, 3.8) is 0 Å². The van der Waals surface area contributed by atoms with Gasteiger partial charge in [0.2, 0.25) is 0 Å². The number of hydrogen-bond donors (Lipinski definition) is 2. The Hall–Kier alpha value is -2.73. The number of rotatable bonds is 2. The molecule has 2 N–H and O–H groups in total. The minimum absolute atomic E-state index is 0.0499. The lowest BCUT2D eigenvalue weighted by atomic mass is 10.0. The van der Waals surface area contributed by atoms with E-state index in [1.165, 1.54) is 23.5 Å². The van der Waals surface area contributed by atoms with Crippen molar-refractivity contribution in [3.8, 4) is 0 Å². The summed E-state index contributed by atoms with van der Waals surface area (Å²) in [6, 6.07) is 9.54. The molecule has 0 aliphatic rings. The van der Waals surface area contributed by atoms with Crippen molar-refractivity contribution in [2.24, 2.45) is 0 Å². The van der Waals surface area contributed by atoms with E-state index in [4.69, 9.17) is 5.11 Å². The quantitative estimate of drug-likeness (QED) is 0.710. The molecule has 0 radical (unpaired) electrons. The van der Waals surface area contributed by atoms with Crippen LogP contribution < -0.4 is 5.43 Å². The highest BCUT2D eigenvalue weighted by Crippen LogP contribution is 2.28. The van der Waals surface area contributed by atoms with Gasteiger partial charge in [-0.1, -0.05) is 12.1 Å². The average molecular weight is 300 g/mol. The number of fused-ring (bicyclic) bond motifs is 2. The Labute approximate surface area is 121 Å². The first-order chi connectivity index (χ1) is 10.0. The SMILES string of the molecule is O=C(O)c1ccc2sc3ccccc3c(=O)c2c1C(=O)O. The van der Waals surface area contributed by atoms with Crippen LogP contribution in [-0.2, 0) is 0 Å². The zero-order chi connectivity index (χ0) is 15.1. The monoisotopic (exact) mass is 300 g/mol. The zero-order valence-electron chi connectivity index (χ0n) is 10.5. The van der Waals surface area contributed by atoms with Crippen LogP contribution in [0.5, 0.6) is 0 Å². The molecule has 0 aliphatic heterocycles. The molecule has 0 amide bonds. The van der Waals surface area contributed by atoms with Crippen LogP contribution in [0.15, 0.2) is 41.2 Å². The van der Waals surface area contributed by atoms with Crippen LogP contribution in [0, 0.1) is 0 Å². The van der Waals surface area contributed by atoms with Crippen molar-refractivity contribution in [1.29, 1.82) is 0 Å². The fourth-order valence-electron chi connectivity index (χ4n) is 2.29. The number of carboxylic acids is 2. The second-order valence-corrected chi connectivity index (χ2v) is 5.48. The lowest BCUT2D eigenvalue weighted by Crippen LogP contribution is -2.13. The van der Waals surface area contributed by atoms with Crippen LogP contribution in [0.1, 0.15) is 20.7 Å². The van der Waals surface area contributed by atoms with Gasteiger partial charge in [-0.3, -0.25) is 4.79 Å². The highest BCUT2D eigenvalue weighted by Gasteiger charge is 2.22. The van der Waals surface area contributed by atoms with E-state index in [1.54, 1.807) is 24.3 Å². The van der Waals surface area contributed by atoms with E-state index < -0.39 is 22.9 Å². The van der Waals surface area contributed by atoms with Crippen LogP contribution in [0.2, 0.25) is 0 Å².